The lowest BCUT2D eigenvalue weighted by molar-refractivity contribution is 0.591. The molecule has 0 fully saturated rings. The van der Waals surface area contributed by atoms with Crippen molar-refractivity contribution in [3.05, 3.63) is 169 Å². The number of fused-ring (bicyclic) bond motifs is 7. The molecule has 0 unspecified atom stereocenters. The lowest BCUT2D eigenvalue weighted by Gasteiger charge is -2.27. The molecular formula is C60H44. The molecular weight excluding hydrogens is 721 g/mol. The van der Waals surface area contributed by atoms with Gasteiger partial charge < -0.3 is 0 Å². The minimum atomic E-state index is -0.0350. The van der Waals surface area contributed by atoms with E-state index in [1.807, 2.05) is 0 Å². The topological polar surface area (TPSA) is 0 Å². The molecule has 0 amide bonds. The van der Waals surface area contributed by atoms with Crippen LogP contribution in [0.1, 0.15) is 52.7 Å². The third-order valence-electron chi connectivity index (χ3n) is 14.1. The van der Waals surface area contributed by atoms with Crippen LogP contribution in [-0.4, -0.2) is 0 Å². The van der Waals surface area contributed by atoms with Gasteiger partial charge >= 0.3 is 0 Å². The summed E-state index contributed by atoms with van der Waals surface area (Å²) in [5, 5.41) is 21.4. The van der Waals surface area contributed by atoms with Crippen molar-refractivity contribution in [2.75, 3.05) is 0 Å². The van der Waals surface area contributed by atoms with Gasteiger partial charge in [-0.3, -0.25) is 0 Å². The highest BCUT2D eigenvalue weighted by Crippen LogP contribution is 2.57. The second kappa shape index (κ2) is 11.5. The van der Waals surface area contributed by atoms with Gasteiger partial charge in [0.25, 0.3) is 0 Å². The minimum Gasteiger partial charge on any atom is -0.0622 e. The smallest absolute Gasteiger partial charge is 0.000730 e. The molecule has 0 saturated heterocycles. The number of hydrogen-bond donors (Lipinski definition) is 0. The first-order valence-corrected chi connectivity index (χ1v) is 21.6. The Labute approximate surface area is 350 Å². The normalized spacial score (nSPS) is 13.2. The molecule has 0 radical (unpaired) electrons. The molecule has 12 aromatic carbocycles. The third-order valence-corrected chi connectivity index (χ3v) is 14.1. The van der Waals surface area contributed by atoms with Crippen molar-refractivity contribution in [1.82, 2.24) is 0 Å². The highest BCUT2D eigenvalue weighted by atomic mass is 14.3. The Morgan fingerprint density at radius 1 is 0.267 bits per heavy atom. The van der Waals surface area contributed by atoms with E-state index in [1.165, 1.54) is 142 Å². The Hall–Kier alpha value is -6.76. The summed E-state index contributed by atoms with van der Waals surface area (Å²) in [5.41, 5.74) is 13.1. The molecule has 0 nitrogen and oxygen atoms in total. The minimum absolute atomic E-state index is 0.0342. The molecule has 0 heterocycles. The standard InChI is InChI=1S/C60H44/c1-59(2,3)40-26-38-22-23-39-27-41(60(4,5)6)30-49-54(39)53(38)48(29-40)57-51(33-14-9-7-10-15-33)46-31-43-42-25-24-36-21-20-35-18-13-19-37-28-45(56(42)55(36)50(35)37)44(43)32-47(46)52(58(49)57)34-16-11-8-12-17-34/h7-32H,1-6H3. The summed E-state index contributed by atoms with van der Waals surface area (Å²) in [6, 6.07) is 61.1. The zero-order valence-electron chi connectivity index (χ0n) is 35.0. The second-order valence-electron chi connectivity index (χ2n) is 19.6. The molecule has 0 atom stereocenters. The Kier molecular flexibility index (Phi) is 6.54. The van der Waals surface area contributed by atoms with E-state index in [2.05, 4.69) is 199 Å². The highest BCUT2D eigenvalue weighted by molar-refractivity contribution is 6.42. The van der Waals surface area contributed by atoms with Crippen LogP contribution in [0.4, 0.5) is 0 Å². The van der Waals surface area contributed by atoms with E-state index >= 15 is 0 Å². The second-order valence-corrected chi connectivity index (χ2v) is 19.6. The fraction of sp³-hybridized carbons (Fsp3) is 0.133. The number of rotatable bonds is 2. The van der Waals surface area contributed by atoms with E-state index in [4.69, 9.17) is 0 Å². The first-order chi connectivity index (χ1) is 29.0. The van der Waals surface area contributed by atoms with Crippen molar-refractivity contribution in [1.29, 1.82) is 0 Å². The van der Waals surface area contributed by atoms with Crippen LogP contribution in [0.25, 0.3) is 131 Å². The summed E-state index contributed by atoms with van der Waals surface area (Å²) in [7, 11) is 0. The van der Waals surface area contributed by atoms with E-state index in [-0.39, 0.29) is 10.8 Å². The molecule has 1 aliphatic rings. The fourth-order valence-electron chi connectivity index (χ4n) is 11.2. The summed E-state index contributed by atoms with van der Waals surface area (Å²) in [5.74, 6) is 0. The Morgan fingerprint density at radius 3 is 1.25 bits per heavy atom. The molecule has 13 rings (SSSR count). The van der Waals surface area contributed by atoms with Crippen molar-refractivity contribution >= 4 is 86.2 Å². The van der Waals surface area contributed by atoms with Gasteiger partial charge in [0.15, 0.2) is 0 Å². The predicted molar refractivity (Wildman–Crippen MR) is 262 cm³/mol. The summed E-state index contributed by atoms with van der Waals surface area (Å²) < 4.78 is 0. The van der Waals surface area contributed by atoms with Gasteiger partial charge in [0.05, 0.1) is 0 Å². The van der Waals surface area contributed by atoms with Gasteiger partial charge in [-0.2, -0.15) is 0 Å². The maximum Gasteiger partial charge on any atom is -0.000730 e. The highest BCUT2D eigenvalue weighted by Gasteiger charge is 2.30. The predicted octanol–water partition coefficient (Wildman–Crippen LogP) is 17.4. The zero-order valence-corrected chi connectivity index (χ0v) is 35.0. The summed E-state index contributed by atoms with van der Waals surface area (Å²) in [6.45, 7) is 14.1. The van der Waals surface area contributed by atoms with Crippen LogP contribution >= 0.6 is 0 Å². The molecule has 284 valence electrons. The van der Waals surface area contributed by atoms with E-state index in [1.54, 1.807) is 0 Å². The lowest BCUT2D eigenvalue weighted by Crippen LogP contribution is -2.12. The number of benzene rings is 12. The average Bonchev–Trinajstić information content (AvgIpc) is 3.56. The molecule has 1 aliphatic carbocycles. The first-order valence-electron chi connectivity index (χ1n) is 21.6. The molecule has 60 heavy (non-hydrogen) atoms. The molecule has 0 aromatic heterocycles. The lowest BCUT2D eigenvalue weighted by atomic mass is 9.76. The zero-order chi connectivity index (χ0) is 40.4. The quantitative estimate of drug-likeness (QED) is 0.121. The van der Waals surface area contributed by atoms with Crippen molar-refractivity contribution < 1.29 is 0 Å². The Morgan fingerprint density at radius 2 is 0.717 bits per heavy atom. The molecule has 0 heteroatoms. The third kappa shape index (κ3) is 4.46. The van der Waals surface area contributed by atoms with Crippen LogP contribution in [0, 0.1) is 0 Å². The number of hydrogen-bond acceptors (Lipinski definition) is 0. The maximum atomic E-state index is 2.58. The van der Waals surface area contributed by atoms with Crippen molar-refractivity contribution in [3.8, 4) is 44.5 Å². The summed E-state index contributed by atoms with van der Waals surface area (Å²) in [4.78, 5) is 0. The van der Waals surface area contributed by atoms with Gasteiger partial charge in [-0.05, 0) is 183 Å². The van der Waals surface area contributed by atoms with Gasteiger partial charge in [0.2, 0.25) is 0 Å². The Bertz CT molecular complexity index is 3790. The molecule has 0 saturated carbocycles. The SMILES string of the molecule is CC(C)(C)c1cc2ccc3cc(C(C)(C)C)cc4c5c(-c6ccccc6)c6cc7c(cc6c(-c6ccccc6)c5c(c1)c2c34)-c1ccc2ccc3cccc4cc-7c1c2c34. The van der Waals surface area contributed by atoms with Crippen molar-refractivity contribution in [2.45, 2.75) is 52.4 Å². The molecule has 0 bridgehead atoms. The molecule has 0 N–H and O–H groups in total. The van der Waals surface area contributed by atoms with E-state index < -0.39 is 0 Å². The van der Waals surface area contributed by atoms with E-state index in [0.29, 0.717) is 0 Å². The monoisotopic (exact) mass is 764 g/mol. The molecule has 0 spiro atoms. The van der Waals surface area contributed by atoms with Gasteiger partial charge in [-0.1, -0.05) is 169 Å². The maximum absolute atomic E-state index is 2.58. The van der Waals surface area contributed by atoms with Crippen LogP contribution < -0.4 is 0 Å². The van der Waals surface area contributed by atoms with Gasteiger partial charge in [-0.25, -0.2) is 0 Å². The van der Waals surface area contributed by atoms with Crippen molar-refractivity contribution in [3.63, 3.8) is 0 Å². The van der Waals surface area contributed by atoms with Gasteiger partial charge in [0, 0.05) is 0 Å². The van der Waals surface area contributed by atoms with Crippen LogP contribution in [0.3, 0.4) is 0 Å². The summed E-state index contributed by atoms with van der Waals surface area (Å²) >= 11 is 0. The van der Waals surface area contributed by atoms with E-state index in [0.717, 1.165) is 0 Å². The van der Waals surface area contributed by atoms with Crippen molar-refractivity contribution in [2.24, 2.45) is 0 Å². The largest absolute Gasteiger partial charge is 0.0622 e. The average molecular weight is 765 g/mol. The molecule has 12 aromatic rings. The van der Waals surface area contributed by atoms with Crippen LogP contribution in [0.5, 0.6) is 0 Å². The molecule has 0 aliphatic heterocycles. The first kappa shape index (κ1) is 34.1. The van der Waals surface area contributed by atoms with Gasteiger partial charge in [-0.15, -0.1) is 0 Å². The fourth-order valence-corrected chi connectivity index (χ4v) is 11.2. The van der Waals surface area contributed by atoms with E-state index in [9.17, 15) is 0 Å². The Balaban J connectivity index is 1.34. The van der Waals surface area contributed by atoms with Gasteiger partial charge in [0.1, 0.15) is 0 Å². The summed E-state index contributed by atoms with van der Waals surface area (Å²) in [6.07, 6.45) is 0. The van der Waals surface area contributed by atoms with Crippen LogP contribution in [0.15, 0.2) is 158 Å². The van der Waals surface area contributed by atoms with Crippen LogP contribution in [-0.2, 0) is 10.8 Å². The van der Waals surface area contributed by atoms with Crippen LogP contribution in [0.2, 0.25) is 0 Å².